The van der Waals surface area contributed by atoms with Gasteiger partial charge in [-0.2, -0.15) is 0 Å². The van der Waals surface area contributed by atoms with Crippen LogP contribution in [0, 0.1) is 5.92 Å². The summed E-state index contributed by atoms with van der Waals surface area (Å²) in [6.45, 7) is 9.25. The Hall–Kier alpha value is -0.650. The van der Waals surface area contributed by atoms with Gasteiger partial charge in [0.15, 0.2) is 0 Å². The van der Waals surface area contributed by atoms with Crippen molar-refractivity contribution in [2.24, 2.45) is 5.92 Å². The fraction of sp³-hybridized carbons (Fsp3) is 0.933. The maximum Gasteiger partial charge on any atom is 0.237 e. The minimum Gasteiger partial charge on any atom is -0.379 e. The van der Waals surface area contributed by atoms with Crippen molar-refractivity contribution in [3.05, 3.63) is 0 Å². The average molecular weight is 285 g/mol. The maximum absolute atomic E-state index is 12.6. The van der Waals surface area contributed by atoms with Crippen molar-refractivity contribution in [1.29, 1.82) is 0 Å². The molecule has 0 bridgehead atoms. The molecule has 0 aromatic heterocycles. The lowest BCUT2D eigenvalue weighted by Gasteiger charge is -2.37. The minimum absolute atomic E-state index is 0.00323. The van der Waals surface area contributed by atoms with Gasteiger partial charge in [0.1, 0.15) is 0 Å². The monoisotopic (exact) mass is 285 g/mol. The molecule has 0 spiro atoms. The molecule has 1 atom stereocenters. The minimum atomic E-state index is 0.00323. The van der Waals surface area contributed by atoms with Crippen LogP contribution in [0.3, 0.4) is 0 Å². The fourth-order valence-electron chi connectivity index (χ4n) is 2.85. The molecule has 0 aromatic carbocycles. The molecule has 5 heteroatoms. The summed E-state index contributed by atoms with van der Waals surface area (Å²) in [5.41, 5.74) is 0. The van der Waals surface area contributed by atoms with Crippen LogP contribution in [0.2, 0.25) is 0 Å². The van der Waals surface area contributed by atoms with E-state index in [0.29, 0.717) is 5.92 Å². The standard InChI is InChI=1S/C15H31N3O2/c1-4-13(5-2)14(18-9-11-20-12-10-18)15(19)17-8-6-7-16-3/h13-14,16H,4-12H2,1-3H3,(H,17,19). The topological polar surface area (TPSA) is 53.6 Å². The average Bonchev–Trinajstić information content (AvgIpc) is 2.49. The summed E-state index contributed by atoms with van der Waals surface area (Å²) in [6, 6.07) is 0.00323. The highest BCUT2D eigenvalue weighted by molar-refractivity contribution is 5.82. The Balaban J connectivity index is 2.57. The Bertz CT molecular complexity index is 264. The molecule has 0 aliphatic carbocycles. The maximum atomic E-state index is 12.6. The van der Waals surface area contributed by atoms with Crippen LogP contribution in [0.5, 0.6) is 0 Å². The molecule has 0 aromatic rings. The summed E-state index contributed by atoms with van der Waals surface area (Å²) < 4.78 is 5.41. The van der Waals surface area contributed by atoms with Crippen molar-refractivity contribution in [3.63, 3.8) is 0 Å². The number of carbonyl (C=O) groups excluding carboxylic acids is 1. The van der Waals surface area contributed by atoms with E-state index in [4.69, 9.17) is 4.74 Å². The molecular weight excluding hydrogens is 254 g/mol. The van der Waals surface area contributed by atoms with Crippen LogP contribution in [0.25, 0.3) is 0 Å². The number of ether oxygens (including phenoxy) is 1. The van der Waals surface area contributed by atoms with E-state index in [2.05, 4.69) is 29.4 Å². The van der Waals surface area contributed by atoms with Crippen molar-refractivity contribution in [1.82, 2.24) is 15.5 Å². The molecule has 118 valence electrons. The zero-order valence-electron chi connectivity index (χ0n) is 13.3. The van der Waals surface area contributed by atoms with Gasteiger partial charge in [0, 0.05) is 19.6 Å². The Kier molecular flexibility index (Phi) is 8.82. The highest BCUT2D eigenvalue weighted by atomic mass is 16.5. The molecule has 1 aliphatic heterocycles. The van der Waals surface area contributed by atoms with Gasteiger partial charge in [-0.25, -0.2) is 0 Å². The predicted octanol–water partition coefficient (Wildman–Crippen LogP) is 0.849. The fourth-order valence-corrected chi connectivity index (χ4v) is 2.85. The molecule has 2 N–H and O–H groups in total. The van der Waals surface area contributed by atoms with E-state index in [0.717, 1.165) is 58.7 Å². The van der Waals surface area contributed by atoms with Crippen molar-refractivity contribution in [3.8, 4) is 0 Å². The SMILES string of the molecule is CCC(CC)C(C(=O)NCCCNC)N1CCOCC1. The molecule has 1 heterocycles. The molecule has 0 saturated carbocycles. The van der Waals surface area contributed by atoms with Gasteiger partial charge in [-0.3, -0.25) is 9.69 Å². The third-order valence-corrected chi connectivity index (χ3v) is 4.11. The van der Waals surface area contributed by atoms with E-state index in [9.17, 15) is 4.79 Å². The number of hydrogen-bond acceptors (Lipinski definition) is 4. The van der Waals surface area contributed by atoms with Gasteiger partial charge >= 0.3 is 0 Å². The van der Waals surface area contributed by atoms with Crippen LogP contribution < -0.4 is 10.6 Å². The zero-order valence-corrected chi connectivity index (χ0v) is 13.3. The number of hydrogen-bond donors (Lipinski definition) is 2. The smallest absolute Gasteiger partial charge is 0.237 e. The van der Waals surface area contributed by atoms with Gasteiger partial charge in [0.05, 0.1) is 19.3 Å². The molecule has 5 nitrogen and oxygen atoms in total. The summed E-state index contributed by atoms with van der Waals surface area (Å²) >= 11 is 0. The van der Waals surface area contributed by atoms with Crippen molar-refractivity contribution in [2.45, 2.75) is 39.2 Å². The predicted molar refractivity (Wildman–Crippen MR) is 81.8 cm³/mol. The summed E-state index contributed by atoms with van der Waals surface area (Å²) in [4.78, 5) is 14.9. The number of nitrogens with one attached hydrogen (secondary N) is 2. The molecule has 1 unspecified atom stereocenters. The van der Waals surface area contributed by atoms with Crippen LogP contribution >= 0.6 is 0 Å². The summed E-state index contributed by atoms with van der Waals surface area (Å²) in [7, 11) is 1.93. The number of carbonyl (C=O) groups is 1. The third kappa shape index (κ3) is 5.38. The number of morpholine rings is 1. The first-order valence-corrected chi connectivity index (χ1v) is 7.98. The normalized spacial score (nSPS) is 18.2. The Labute approximate surface area is 123 Å². The molecule has 1 rings (SSSR count). The van der Waals surface area contributed by atoms with E-state index < -0.39 is 0 Å². The van der Waals surface area contributed by atoms with Gasteiger partial charge in [-0.1, -0.05) is 26.7 Å². The van der Waals surface area contributed by atoms with E-state index in [-0.39, 0.29) is 11.9 Å². The Morgan fingerprint density at radius 2 is 1.85 bits per heavy atom. The molecule has 1 aliphatic rings. The third-order valence-electron chi connectivity index (χ3n) is 4.11. The molecule has 1 amide bonds. The van der Waals surface area contributed by atoms with Crippen LogP contribution in [-0.2, 0) is 9.53 Å². The van der Waals surface area contributed by atoms with Gasteiger partial charge in [-0.15, -0.1) is 0 Å². The van der Waals surface area contributed by atoms with Gasteiger partial charge < -0.3 is 15.4 Å². The molecule has 0 radical (unpaired) electrons. The zero-order chi connectivity index (χ0) is 14.8. The van der Waals surface area contributed by atoms with Gasteiger partial charge in [-0.05, 0) is 25.9 Å². The largest absolute Gasteiger partial charge is 0.379 e. The molecule has 20 heavy (non-hydrogen) atoms. The molecular formula is C15H31N3O2. The first-order chi connectivity index (χ1) is 9.74. The lowest BCUT2D eigenvalue weighted by Crippen LogP contribution is -2.54. The van der Waals surface area contributed by atoms with Crippen LogP contribution in [-0.4, -0.2) is 63.3 Å². The second-order valence-electron chi connectivity index (χ2n) is 5.42. The van der Waals surface area contributed by atoms with Crippen LogP contribution in [0.15, 0.2) is 0 Å². The van der Waals surface area contributed by atoms with Crippen LogP contribution in [0.4, 0.5) is 0 Å². The Morgan fingerprint density at radius 3 is 2.40 bits per heavy atom. The number of nitrogens with zero attached hydrogens (tertiary/aromatic N) is 1. The lowest BCUT2D eigenvalue weighted by molar-refractivity contribution is -0.130. The summed E-state index contributed by atoms with van der Waals surface area (Å²) in [5.74, 6) is 0.620. The Morgan fingerprint density at radius 1 is 1.20 bits per heavy atom. The summed E-state index contributed by atoms with van der Waals surface area (Å²) in [5, 5.41) is 6.20. The highest BCUT2D eigenvalue weighted by Gasteiger charge is 2.32. The van der Waals surface area contributed by atoms with Gasteiger partial charge in [0.25, 0.3) is 0 Å². The second-order valence-corrected chi connectivity index (χ2v) is 5.42. The number of amides is 1. The number of rotatable bonds is 9. The van der Waals surface area contributed by atoms with Gasteiger partial charge in [0.2, 0.25) is 5.91 Å². The summed E-state index contributed by atoms with van der Waals surface area (Å²) in [6.07, 6.45) is 3.06. The van der Waals surface area contributed by atoms with Crippen molar-refractivity contribution >= 4 is 5.91 Å². The first kappa shape index (κ1) is 17.4. The van der Waals surface area contributed by atoms with Crippen molar-refractivity contribution in [2.75, 3.05) is 46.4 Å². The van der Waals surface area contributed by atoms with Crippen molar-refractivity contribution < 1.29 is 9.53 Å². The van der Waals surface area contributed by atoms with E-state index in [1.165, 1.54) is 0 Å². The van der Waals surface area contributed by atoms with E-state index >= 15 is 0 Å². The molecule has 1 saturated heterocycles. The quantitative estimate of drug-likeness (QED) is 0.617. The lowest BCUT2D eigenvalue weighted by atomic mass is 9.91. The first-order valence-electron chi connectivity index (χ1n) is 7.98. The second kappa shape index (κ2) is 10.1. The van der Waals surface area contributed by atoms with E-state index in [1.807, 2.05) is 7.05 Å². The molecule has 1 fully saturated rings. The van der Waals surface area contributed by atoms with Crippen LogP contribution in [0.1, 0.15) is 33.1 Å². The van der Waals surface area contributed by atoms with E-state index in [1.54, 1.807) is 0 Å². The highest BCUT2D eigenvalue weighted by Crippen LogP contribution is 2.20.